The molecule has 0 saturated heterocycles. The van der Waals surface area contributed by atoms with Crippen LogP contribution >= 0.6 is 0 Å². The van der Waals surface area contributed by atoms with Crippen molar-refractivity contribution in [2.75, 3.05) is 0 Å². The van der Waals surface area contributed by atoms with E-state index in [2.05, 4.69) is 15.0 Å². The van der Waals surface area contributed by atoms with E-state index < -0.39 is 5.63 Å². The van der Waals surface area contributed by atoms with Gasteiger partial charge < -0.3 is 9.40 Å². The summed E-state index contributed by atoms with van der Waals surface area (Å²) in [6, 6.07) is 16.9. The number of fused-ring (bicyclic) bond motifs is 4. The van der Waals surface area contributed by atoms with Crippen molar-refractivity contribution in [1.82, 2.24) is 15.0 Å². The zero-order valence-electron chi connectivity index (χ0n) is 12.5. The lowest BCUT2D eigenvalue weighted by Crippen LogP contribution is -2.03. The maximum atomic E-state index is 12.3. The number of para-hydroxylation sites is 1. The van der Waals surface area contributed by atoms with Crippen LogP contribution in [0.1, 0.15) is 0 Å². The molecule has 1 N–H and O–H groups in total. The van der Waals surface area contributed by atoms with Crippen LogP contribution in [0.5, 0.6) is 0 Å². The summed E-state index contributed by atoms with van der Waals surface area (Å²) in [6.45, 7) is 0. The smallest absolute Gasteiger partial charge is 0.347 e. The second-order valence-electron chi connectivity index (χ2n) is 5.60. The van der Waals surface area contributed by atoms with Gasteiger partial charge in [0, 0.05) is 17.0 Å². The van der Waals surface area contributed by atoms with E-state index in [0.29, 0.717) is 17.0 Å². The fourth-order valence-electron chi connectivity index (χ4n) is 2.98. The number of aromatic nitrogens is 3. The SMILES string of the molecule is O=c1oc2ccccc2cc1-c1nc2c(ccc3ncccc32)[nH]1. The lowest BCUT2D eigenvalue weighted by molar-refractivity contribution is 0.563. The van der Waals surface area contributed by atoms with E-state index in [1.54, 1.807) is 18.3 Å². The third-order valence-electron chi connectivity index (χ3n) is 4.13. The van der Waals surface area contributed by atoms with Gasteiger partial charge in [-0.3, -0.25) is 4.98 Å². The molecule has 0 fully saturated rings. The Bertz CT molecular complexity index is 1280. The molecule has 114 valence electrons. The number of pyridine rings is 1. The van der Waals surface area contributed by atoms with Crippen molar-refractivity contribution < 1.29 is 4.42 Å². The van der Waals surface area contributed by atoms with Crippen LogP contribution in [0.4, 0.5) is 0 Å². The Morgan fingerprint density at radius 1 is 1.00 bits per heavy atom. The Balaban J connectivity index is 1.82. The number of rotatable bonds is 1. The van der Waals surface area contributed by atoms with E-state index in [1.807, 2.05) is 42.5 Å². The fraction of sp³-hybridized carbons (Fsp3) is 0. The molecule has 0 aliphatic rings. The minimum absolute atomic E-state index is 0.407. The molecule has 0 aliphatic carbocycles. The van der Waals surface area contributed by atoms with Crippen LogP contribution in [0, 0.1) is 0 Å². The standard InChI is InChI=1S/C19H11N3O2/c23-19-13(10-11-4-1-2-6-16(11)24-19)18-21-15-8-7-14-12(17(15)22-18)5-3-9-20-14/h1-10H,(H,21,22). The van der Waals surface area contributed by atoms with E-state index in [0.717, 1.165) is 27.3 Å². The summed E-state index contributed by atoms with van der Waals surface area (Å²) in [5, 5.41) is 1.81. The molecular formula is C19H11N3O2. The van der Waals surface area contributed by atoms with Gasteiger partial charge in [-0.25, -0.2) is 9.78 Å². The van der Waals surface area contributed by atoms with Crippen molar-refractivity contribution in [3.05, 3.63) is 71.2 Å². The highest BCUT2D eigenvalue weighted by Crippen LogP contribution is 2.26. The van der Waals surface area contributed by atoms with Gasteiger partial charge in [-0.05, 0) is 36.4 Å². The van der Waals surface area contributed by atoms with Crippen molar-refractivity contribution in [2.45, 2.75) is 0 Å². The van der Waals surface area contributed by atoms with E-state index >= 15 is 0 Å². The summed E-state index contributed by atoms with van der Waals surface area (Å²) in [5.74, 6) is 0.501. The third kappa shape index (κ3) is 1.85. The Morgan fingerprint density at radius 3 is 2.88 bits per heavy atom. The summed E-state index contributed by atoms with van der Waals surface area (Å²) in [7, 11) is 0. The fourth-order valence-corrected chi connectivity index (χ4v) is 2.98. The van der Waals surface area contributed by atoms with Crippen molar-refractivity contribution >= 4 is 32.9 Å². The van der Waals surface area contributed by atoms with E-state index in [1.165, 1.54) is 0 Å². The Labute approximate surface area is 135 Å². The minimum Gasteiger partial charge on any atom is -0.422 e. The number of nitrogens with zero attached hydrogens (tertiary/aromatic N) is 2. The summed E-state index contributed by atoms with van der Waals surface area (Å²) in [5.41, 5.74) is 3.10. The molecule has 0 atom stereocenters. The second-order valence-corrected chi connectivity index (χ2v) is 5.60. The first-order chi connectivity index (χ1) is 11.8. The monoisotopic (exact) mass is 313 g/mol. The van der Waals surface area contributed by atoms with Gasteiger partial charge in [0.2, 0.25) is 0 Å². The van der Waals surface area contributed by atoms with Gasteiger partial charge in [-0.1, -0.05) is 18.2 Å². The predicted octanol–water partition coefficient (Wildman–Crippen LogP) is 3.88. The number of H-pyrrole nitrogens is 1. The molecule has 5 aromatic rings. The maximum Gasteiger partial charge on any atom is 0.347 e. The van der Waals surface area contributed by atoms with Crippen molar-refractivity contribution in [2.24, 2.45) is 0 Å². The Hall–Kier alpha value is -3.47. The molecule has 2 aromatic carbocycles. The average Bonchev–Trinajstić information content (AvgIpc) is 3.05. The van der Waals surface area contributed by atoms with Crippen LogP contribution in [0.2, 0.25) is 0 Å². The van der Waals surface area contributed by atoms with Crippen LogP contribution in [0.25, 0.3) is 44.3 Å². The number of nitrogens with one attached hydrogen (secondary N) is 1. The molecule has 0 spiro atoms. The first kappa shape index (κ1) is 13.0. The van der Waals surface area contributed by atoms with Crippen LogP contribution in [0.15, 0.2) is 70.0 Å². The molecule has 5 heteroatoms. The quantitative estimate of drug-likeness (QED) is 0.477. The van der Waals surface area contributed by atoms with Gasteiger partial charge in [0.15, 0.2) is 0 Å². The van der Waals surface area contributed by atoms with Crippen molar-refractivity contribution in [1.29, 1.82) is 0 Å². The molecule has 0 saturated carbocycles. The largest absolute Gasteiger partial charge is 0.422 e. The van der Waals surface area contributed by atoms with Gasteiger partial charge in [0.25, 0.3) is 0 Å². The predicted molar refractivity (Wildman–Crippen MR) is 92.9 cm³/mol. The number of hydrogen-bond acceptors (Lipinski definition) is 4. The first-order valence-electron chi connectivity index (χ1n) is 7.56. The highest BCUT2D eigenvalue weighted by Gasteiger charge is 2.13. The molecule has 5 rings (SSSR count). The molecular weight excluding hydrogens is 302 g/mol. The van der Waals surface area contributed by atoms with Crippen LogP contribution in [-0.4, -0.2) is 15.0 Å². The first-order valence-corrected chi connectivity index (χ1v) is 7.56. The van der Waals surface area contributed by atoms with Gasteiger partial charge in [0.1, 0.15) is 17.0 Å². The zero-order chi connectivity index (χ0) is 16.1. The Kier molecular flexibility index (Phi) is 2.58. The Morgan fingerprint density at radius 2 is 1.92 bits per heavy atom. The maximum absolute atomic E-state index is 12.3. The van der Waals surface area contributed by atoms with E-state index in [-0.39, 0.29) is 0 Å². The lowest BCUT2D eigenvalue weighted by atomic mass is 10.2. The molecule has 5 nitrogen and oxygen atoms in total. The van der Waals surface area contributed by atoms with Crippen LogP contribution in [-0.2, 0) is 0 Å². The van der Waals surface area contributed by atoms with E-state index in [4.69, 9.17) is 4.42 Å². The van der Waals surface area contributed by atoms with Gasteiger partial charge in [-0.2, -0.15) is 0 Å². The molecule has 0 unspecified atom stereocenters. The number of imidazole rings is 1. The van der Waals surface area contributed by atoms with Crippen molar-refractivity contribution in [3.63, 3.8) is 0 Å². The molecule has 3 aromatic heterocycles. The highest BCUT2D eigenvalue weighted by atomic mass is 16.4. The number of aromatic amines is 1. The summed E-state index contributed by atoms with van der Waals surface area (Å²) < 4.78 is 5.40. The van der Waals surface area contributed by atoms with Gasteiger partial charge >= 0.3 is 5.63 Å². The van der Waals surface area contributed by atoms with Crippen molar-refractivity contribution in [3.8, 4) is 11.4 Å². The molecule has 24 heavy (non-hydrogen) atoms. The van der Waals surface area contributed by atoms with Gasteiger partial charge in [0.05, 0.1) is 16.6 Å². The molecule has 3 heterocycles. The molecule has 0 aliphatic heterocycles. The molecule has 0 radical (unpaired) electrons. The summed E-state index contributed by atoms with van der Waals surface area (Å²) in [4.78, 5) is 24.5. The van der Waals surface area contributed by atoms with Crippen LogP contribution < -0.4 is 5.63 Å². The summed E-state index contributed by atoms with van der Waals surface area (Å²) >= 11 is 0. The zero-order valence-corrected chi connectivity index (χ0v) is 12.5. The number of benzene rings is 2. The van der Waals surface area contributed by atoms with Crippen LogP contribution in [0.3, 0.4) is 0 Å². The topological polar surface area (TPSA) is 71.8 Å². The van der Waals surface area contributed by atoms with Gasteiger partial charge in [-0.15, -0.1) is 0 Å². The third-order valence-corrected chi connectivity index (χ3v) is 4.13. The summed E-state index contributed by atoms with van der Waals surface area (Å²) in [6.07, 6.45) is 1.75. The normalized spacial score (nSPS) is 11.5. The molecule has 0 amide bonds. The number of hydrogen-bond donors (Lipinski definition) is 1. The highest BCUT2D eigenvalue weighted by molar-refractivity contribution is 6.03. The average molecular weight is 313 g/mol. The molecule has 0 bridgehead atoms. The lowest BCUT2D eigenvalue weighted by Gasteiger charge is -1.98. The van der Waals surface area contributed by atoms with E-state index in [9.17, 15) is 4.79 Å². The second kappa shape index (κ2) is 4.76. The minimum atomic E-state index is -0.407.